The third kappa shape index (κ3) is 3.60. The Hall–Kier alpha value is -0.340. The second-order valence-electron chi connectivity index (χ2n) is 4.98. The van der Waals surface area contributed by atoms with E-state index >= 15 is 0 Å². The molecule has 0 aromatic rings. The summed E-state index contributed by atoms with van der Waals surface area (Å²) >= 11 is 0. The van der Waals surface area contributed by atoms with E-state index in [0.717, 1.165) is 13.0 Å². The zero-order chi connectivity index (χ0) is 12.8. The number of nitrogens with zero attached hydrogens (tertiary/aromatic N) is 1. The molecule has 0 fully saturated rings. The summed E-state index contributed by atoms with van der Waals surface area (Å²) in [6, 6.07) is 0.500. The molecule has 0 aliphatic rings. The van der Waals surface area contributed by atoms with Crippen LogP contribution >= 0.6 is 0 Å². The highest BCUT2D eigenvalue weighted by Crippen LogP contribution is 2.29. The van der Waals surface area contributed by atoms with Crippen molar-refractivity contribution in [2.75, 3.05) is 20.6 Å². The van der Waals surface area contributed by atoms with Crippen molar-refractivity contribution in [2.24, 2.45) is 0 Å². The number of nitrogens with one attached hydrogen (secondary N) is 1. The van der Waals surface area contributed by atoms with Crippen molar-refractivity contribution in [2.45, 2.75) is 58.5 Å². The van der Waals surface area contributed by atoms with Crippen LogP contribution in [0.25, 0.3) is 0 Å². The van der Waals surface area contributed by atoms with E-state index < -0.39 is 0 Å². The van der Waals surface area contributed by atoms with Gasteiger partial charge in [0.05, 0.1) is 0 Å². The summed E-state index contributed by atoms with van der Waals surface area (Å²) in [4.78, 5) is 2.38. The first-order valence-electron chi connectivity index (χ1n) is 6.49. The van der Waals surface area contributed by atoms with E-state index in [1.807, 2.05) is 0 Å². The van der Waals surface area contributed by atoms with Crippen molar-refractivity contribution in [3.8, 4) is 0 Å². The molecule has 0 aromatic heterocycles. The minimum atomic E-state index is 0.245. The maximum absolute atomic E-state index is 4.06. The summed E-state index contributed by atoms with van der Waals surface area (Å²) in [6.45, 7) is 13.9. The van der Waals surface area contributed by atoms with Gasteiger partial charge in [0.25, 0.3) is 0 Å². The van der Waals surface area contributed by atoms with Crippen molar-refractivity contribution in [1.82, 2.24) is 10.2 Å². The van der Waals surface area contributed by atoms with Gasteiger partial charge in [0.1, 0.15) is 0 Å². The third-order valence-corrected chi connectivity index (χ3v) is 3.77. The Morgan fingerprint density at radius 3 is 2.00 bits per heavy atom. The van der Waals surface area contributed by atoms with Crippen LogP contribution in [0.4, 0.5) is 0 Å². The highest BCUT2D eigenvalue weighted by atomic mass is 15.2. The molecule has 0 spiro atoms. The molecular weight excluding hydrogens is 196 g/mol. The Kier molecular flexibility index (Phi) is 6.93. The van der Waals surface area contributed by atoms with Gasteiger partial charge < -0.3 is 10.2 Å². The second kappa shape index (κ2) is 7.08. The van der Waals surface area contributed by atoms with E-state index in [1.165, 1.54) is 18.4 Å². The van der Waals surface area contributed by atoms with E-state index in [1.54, 1.807) is 0 Å². The van der Waals surface area contributed by atoms with Crippen molar-refractivity contribution in [3.63, 3.8) is 0 Å². The quantitative estimate of drug-likeness (QED) is 0.640. The molecule has 0 amide bonds. The van der Waals surface area contributed by atoms with Gasteiger partial charge in [-0.2, -0.15) is 0 Å². The molecule has 1 unspecified atom stereocenters. The largest absolute Gasteiger partial charge is 0.312 e. The first-order chi connectivity index (χ1) is 7.44. The van der Waals surface area contributed by atoms with Gasteiger partial charge in [-0.25, -0.2) is 0 Å². The average Bonchev–Trinajstić information content (AvgIpc) is 2.19. The molecule has 0 aliphatic heterocycles. The van der Waals surface area contributed by atoms with Gasteiger partial charge in [-0.15, -0.1) is 6.58 Å². The Morgan fingerprint density at radius 2 is 1.75 bits per heavy atom. The van der Waals surface area contributed by atoms with Crippen LogP contribution in [0, 0.1) is 0 Å². The van der Waals surface area contributed by atoms with E-state index in [9.17, 15) is 0 Å². The lowest BCUT2D eigenvalue weighted by atomic mass is 9.80. The molecule has 0 rings (SSSR count). The van der Waals surface area contributed by atoms with Gasteiger partial charge in [0.2, 0.25) is 0 Å². The maximum atomic E-state index is 4.06. The fraction of sp³-hybridized carbons (Fsp3) is 0.857. The molecule has 0 saturated carbocycles. The molecule has 2 nitrogen and oxygen atoms in total. The van der Waals surface area contributed by atoms with Crippen LogP contribution in [-0.4, -0.2) is 37.1 Å². The Balaban J connectivity index is 4.98. The van der Waals surface area contributed by atoms with E-state index in [2.05, 4.69) is 58.6 Å². The van der Waals surface area contributed by atoms with Crippen molar-refractivity contribution in [3.05, 3.63) is 12.2 Å². The molecule has 1 N–H and O–H groups in total. The molecule has 16 heavy (non-hydrogen) atoms. The highest BCUT2D eigenvalue weighted by Gasteiger charge is 2.36. The third-order valence-electron chi connectivity index (χ3n) is 3.77. The predicted molar refractivity (Wildman–Crippen MR) is 73.9 cm³/mol. The van der Waals surface area contributed by atoms with E-state index in [-0.39, 0.29) is 5.54 Å². The summed E-state index contributed by atoms with van der Waals surface area (Å²) in [6.07, 6.45) is 3.40. The highest BCUT2D eigenvalue weighted by molar-refractivity contribution is 5.04. The fourth-order valence-corrected chi connectivity index (χ4v) is 2.73. The first-order valence-corrected chi connectivity index (χ1v) is 6.49. The number of rotatable bonds is 8. The summed E-state index contributed by atoms with van der Waals surface area (Å²) in [5.74, 6) is 0. The standard InChI is InChI=1S/C14H30N2/c1-8-14(9-2,16(6)7)13(15-10-3)11-12(4)5/h13,15H,4,8-11H2,1-3,5-7H3. The smallest absolute Gasteiger partial charge is 0.0354 e. The monoisotopic (exact) mass is 226 g/mol. The molecule has 0 aliphatic carbocycles. The normalized spacial score (nSPS) is 14.2. The zero-order valence-electron chi connectivity index (χ0n) is 12.1. The summed E-state index contributed by atoms with van der Waals surface area (Å²) in [5, 5.41) is 3.64. The first kappa shape index (κ1) is 15.7. The van der Waals surface area contributed by atoms with Crippen LogP contribution in [0.3, 0.4) is 0 Å². The molecule has 96 valence electrons. The molecule has 0 saturated heterocycles. The maximum Gasteiger partial charge on any atom is 0.0354 e. The fourth-order valence-electron chi connectivity index (χ4n) is 2.73. The summed E-state index contributed by atoms with van der Waals surface area (Å²) in [5.41, 5.74) is 1.51. The second-order valence-corrected chi connectivity index (χ2v) is 4.98. The Bertz CT molecular complexity index is 205. The van der Waals surface area contributed by atoms with Crippen LogP contribution in [0.2, 0.25) is 0 Å². The number of hydrogen-bond acceptors (Lipinski definition) is 2. The lowest BCUT2D eigenvalue weighted by Crippen LogP contribution is -2.58. The average molecular weight is 226 g/mol. The summed E-state index contributed by atoms with van der Waals surface area (Å²) < 4.78 is 0. The predicted octanol–water partition coefficient (Wildman–Crippen LogP) is 3.05. The molecule has 0 heterocycles. The van der Waals surface area contributed by atoms with Crippen LogP contribution in [0.1, 0.15) is 47.0 Å². The van der Waals surface area contributed by atoms with Gasteiger partial charge >= 0.3 is 0 Å². The van der Waals surface area contributed by atoms with Crippen LogP contribution in [-0.2, 0) is 0 Å². The zero-order valence-corrected chi connectivity index (χ0v) is 12.1. The number of likely N-dealkylation sites (N-methyl/N-ethyl adjacent to an activating group) is 2. The van der Waals surface area contributed by atoms with Crippen LogP contribution in [0.15, 0.2) is 12.2 Å². The molecular formula is C14H30N2. The Morgan fingerprint density at radius 1 is 1.25 bits per heavy atom. The van der Waals surface area contributed by atoms with Gasteiger partial charge in [0, 0.05) is 11.6 Å². The SMILES string of the molecule is C=C(C)CC(NCC)C(CC)(CC)N(C)C. The Labute approximate surface area is 102 Å². The van der Waals surface area contributed by atoms with E-state index in [4.69, 9.17) is 0 Å². The summed E-state index contributed by atoms with van der Waals surface area (Å²) in [7, 11) is 4.38. The minimum absolute atomic E-state index is 0.245. The molecule has 0 aromatic carbocycles. The van der Waals surface area contributed by atoms with Crippen molar-refractivity contribution < 1.29 is 0 Å². The van der Waals surface area contributed by atoms with Crippen molar-refractivity contribution in [1.29, 1.82) is 0 Å². The van der Waals surface area contributed by atoms with E-state index in [0.29, 0.717) is 6.04 Å². The lowest BCUT2D eigenvalue weighted by molar-refractivity contribution is 0.0889. The van der Waals surface area contributed by atoms with Gasteiger partial charge in [-0.1, -0.05) is 26.3 Å². The van der Waals surface area contributed by atoms with Crippen LogP contribution in [0.5, 0.6) is 0 Å². The molecule has 0 radical (unpaired) electrons. The molecule has 1 atom stereocenters. The van der Waals surface area contributed by atoms with Gasteiger partial charge in [0.15, 0.2) is 0 Å². The topological polar surface area (TPSA) is 15.3 Å². The minimum Gasteiger partial charge on any atom is -0.312 e. The molecule has 2 heteroatoms. The van der Waals surface area contributed by atoms with Crippen LogP contribution < -0.4 is 5.32 Å². The number of hydrogen-bond donors (Lipinski definition) is 1. The molecule has 0 bridgehead atoms. The van der Waals surface area contributed by atoms with Gasteiger partial charge in [-0.3, -0.25) is 0 Å². The lowest BCUT2D eigenvalue weighted by Gasteiger charge is -2.45. The van der Waals surface area contributed by atoms with Crippen molar-refractivity contribution >= 4 is 0 Å². The van der Waals surface area contributed by atoms with Gasteiger partial charge in [-0.05, 0) is 46.8 Å².